The van der Waals surface area contributed by atoms with Crippen LogP contribution in [0.2, 0.25) is 0 Å². The number of fused-ring (bicyclic) bond motifs is 12. The van der Waals surface area contributed by atoms with E-state index in [2.05, 4.69) is 105 Å². The summed E-state index contributed by atoms with van der Waals surface area (Å²) < 4.78 is 4.67. The fourth-order valence-electron chi connectivity index (χ4n) is 6.88. The van der Waals surface area contributed by atoms with Gasteiger partial charge in [0.15, 0.2) is 5.65 Å². The number of pyridine rings is 1. The van der Waals surface area contributed by atoms with E-state index in [1.54, 1.807) is 6.20 Å². The third-order valence-corrected chi connectivity index (χ3v) is 8.51. The quantitative estimate of drug-likeness (QED) is 0.223. The molecule has 0 fully saturated rings. The Morgan fingerprint density at radius 2 is 1.23 bits per heavy atom. The van der Waals surface area contributed by atoms with Crippen LogP contribution in [0.1, 0.15) is 0 Å². The molecule has 0 aliphatic heterocycles. The maximum atomic E-state index is 4.98. The summed E-state index contributed by atoms with van der Waals surface area (Å²) >= 11 is 0. The normalized spacial score (nSPS) is 12.5. The van der Waals surface area contributed by atoms with Crippen molar-refractivity contribution in [3.8, 4) is 5.95 Å². The zero-order valence-electron chi connectivity index (χ0n) is 21.2. The smallest absolute Gasteiger partial charge is 0.236 e. The number of para-hydroxylation sites is 2. The highest BCUT2D eigenvalue weighted by Crippen LogP contribution is 2.46. The maximum Gasteiger partial charge on any atom is 0.236 e. The van der Waals surface area contributed by atoms with E-state index in [1.807, 2.05) is 18.3 Å². The van der Waals surface area contributed by atoms with E-state index in [0.29, 0.717) is 11.6 Å². The summed E-state index contributed by atoms with van der Waals surface area (Å²) in [6, 6.07) is 36.9. The highest BCUT2D eigenvalue weighted by Gasteiger charge is 2.24. The summed E-state index contributed by atoms with van der Waals surface area (Å²) in [4.78, 5) is 14.4. The Balaban J connectivity index is 1.52. The molecule has 5 heterocycles. The highest BCUT2D eigenvalue weighted by atomic mass is 15.2. The predicted molar refractivity (Wildman–Crippen MR) is 164 cm³/mol. The molecular formula is C35H19N5. The molecule has 0 saturated carbocycles. The van der Waals surface area contributed by atoms with Crippen LogP contribution < -0.4 is 0 Å². The second-order valence-corrected chi connectivity index (χ2v) is 10.5. The number of nitrogens with zero attached hydrogens (tertiary/aromatic N) is 5. The number of aromatic nitrogens is 5. The van der Waals surface area contributed by atoms with Crippen molar-refractivity contribution in [1.82, 2.24) is 23.9 Å². The minimum Gasteiger partial charge on any atom is -0.308 e. The molecule has 0 spiro atoms. The van der Waals surface area contributed by atoms with Gasteiger partial charge >= 0.3 is 0 Å². The molecule has 0 amide bonds. The summed E-state index contributed by atoms with van der Waals surface area (Å²) in [5.41, 5.74) is 6.60. The van der Waals surface area contributed by atoms with Gasteiger partial charge in [-0.1, -0.05) is 60.7 Å². The first-order chi connectivity index (χ1) is 19.8. The van der Waals surface area contributed by atoms with E-state index < -0.39 is 0 Å². The van der Waals surface area contributed by atoms with Gasteiger partial charge < -0.3 is 4.40 Å². The van der Waals surface area contributed by atoms with Crippen LogP contribution in [0.3, 0.4) is 0 Å². The van der Waals surface area contributed by atoms with E-state index >= 15 is 0 Å². The zero-order valence-corrected chi connectivity index (χ0v) is 21.2. The van der Waals surface area contributed by atoms with Crippen LogP contribution in [0.4, 0.5) is 0 Å². The van der Waals surface area contributed by atoms with Crippen LogP contribution in [0.25, 0.3) is 87.7 Å². The van der Waals surface area contributed by atoms with Crippen LogP contribution in [0.5, 0.6) is 0 Å². The minimum absolute atomic E-state index is 0.628. The van der Waals surface area contributed by atoms with E-state index in [9.17, 15) is 0 Å². The van der Waals surface area contributed by atoms with Gasteiger partial charge in [0, 0.05) is 50.1 Å². The van der Waals surface area contributed by atoms with E-state index in [-0.39, 0.29) is 0 Å². The lowest BCUT2D eigenvalue weighted by molar-refractivity contribution is 1.00. The monoisotopic (exact) mass is 509 g/mol. The summed E-state index contributed by atoms with van der Waals surface area (Å²) in [5, 5.41) is 10.8. The van der Waals surface area contributed by atoms with Gasteiger partial charge in [-0.2, -0.15) is 4.98 Å². The highest BCUT2D eigenvalue weighted by molar-refractivity contribution is 6.36. The molecule has 0 saturated heterocycles. The Bertz CT molecular complexity index is 2660. The van der Waals surface area contributed by atoms with Gasteiger partial charge in [-0.3, -0.25) is 4.57 Å². The van der Waals surface area contributed by atoms with Crippen molar-refractivity contribution >= 4 is 81.7 Å². The van der Waals surface area contributed by atoms with Crippen molar-refractivity contribution < 1.29 is 0 Å². The predicted octanol–water partition coefficient (Wildman–Crippen LogP) is 8.43. The Morgan fingerprint density at radius 3 is 2.10 bits per heavy atom. The molecule has 5 aromatic carbocycles. The van der Waals surface area contributed by atoms with Gasteiger partial charge in [0.1, 0.15) is 0 Å². The van der Waals surface area contributed by atoms with Gasteiger partial charge in [0.2, 0.25) is 5.95 Å². The molecule has 0 bridgehead atoms. The van der Waals surface area contributed by atoms with Crippen molar-refractivity contribution in [1.29, 1.82) is 0 Å². The second-order valence-electron chi connectivity index (χ2n) is 10.5. The van der Waals surface area contributed by atoms with Crippen molar-refractivity contribution in [2.24, 2.45) is 0 Å². The Morgan fingerprint density at radius 1 is 0.500 bits per heavy atom. The van der Waals surface area contributed by atoms with Crippen LogP contribution in [-0.4, -0.2) is 23.9 Å². The Labute approximate surface area is 226 Å². The summed E-state index contributed by atoms with van der Waals surface area (Å²) in [7, 11) is 0. The van der Waals surface area contributed by atoms with Crippen molar-refractivity contribution in [3.05, 3.63) is 116 Å². The Hall–Kier alpha value is -5.55. The van der Waals surface area contributed by atoms with Crippen LogP contribution in [0.15, 0.2) is 116 Å². The van der Waals surface area contributed by atoms with Gasteiger partial charge in [-0.05, 0) is 53.2 Å². The molecule has 0 aliphatic carbocycles. The molecule has 184 valence electrons. The molecule has 40 heavy (non-hydrogen) atoms. The lowest BCUT2D eigenvalue weighted by atomic mass is 10.0. The average molecular weight is 510 g/mol. The molecule has 0 radical (unpaired) electrons. The maximum absolute atomic E-state index is 4.98. The lowest BCUT2D eigenvalue weighted by Crippen LogP contribution is -2.01. The SMILES string of the molecule is c1ccc2cc3c(cc2c1)c1c2c4ccccc4n4c5ccccc5c(cc1n3-c1ncc3cccnc3n1)c24. The molecule has 0 N–H and O–H groups in total. The van der Waals surface area contributed by atoms with Crippen molar-refractivity contribution in [2.45, 2.75) is 0 Å². The van der Waals surface area contributed by atoms with E-state index in [4.69, 9.17) is 9.97 Å². The molecular weight excluding hydrogens is 490 g/mol. The number of hydrogen-bond acceptors (Lipinski definition) is 3. The molecule has 0 unspecified atom stereocenters. The Kier molecular flexibility index (Phi) is 3.62. The number of rotatable bonds is 1. The summed E-state index contributed by atoms with van der Waals surface area (Å²) in [6.07, 6.45) is 3.66. The molecule has 5 heteroatoms. The van der Waals surface area contributed by atoms with Gasteiger partial charge in [-0.25, -0.2) is 9.97 Å². The van der Waals surface area contributed by atoms with Crippen LogP contribution >= 0.6 is 0 Å². The molecule has 5 aromatic heterocycles. The van der Waals surface area contributed by atoms with Crippen LogP contribution in [0, 0.1) is 0 Å². The average Bonchev–Trinajstić information content (AvgIpc) is 3.63. The van der Waals surface area contributed by atoms with Gasteiger partial charge in [0.25, 0.3) is 0 Å². The molecule has 10 rings (SSSR count). The third-order valence-electron chi connectivity index (χ3n) is 8.51. The number of benzene rings is 5. The fourth-order valence-corrected chi connectivity index (χ4v) is 6.88. The lowest BCUT2D eigenvalue weighted by Gasteiger charge is -2.07. The van der Waals surface area contributed by atoms with Gasteiger partial charge in [-0.15, -0.1) is 0 Å². The molecule has 0 atom stereocenters. The summed E-state index contributed by atoms with van der Waals surface area (Å²) in [6.45, 7) is 0. The van der Waals surface area contributed by atoms with Crippen LogP contribution in [-0.2, 0) is 0 Å². The topological polar surface area (TPSA) is 48.0 Å². The summed E-state index contributed by atoms with van der Waals surface area (Å²) in [5.74, 6) is 0.628. The standard InChI is InChI=1S/C35H19N5/c1-2-9-21-17-29-26(16-20(21)8-1)31-30(40(29)35-37-19-22-10-7-15-36-34(22)38-35)18-25-23-11-3-5-13-27(23)39-28-14-6-4-12-24(28)32(31)33(25)39/h1-19H. The van der Waals surface area contributed by atoms with E-state index in [1.165, 1.54) is 59.6 Å². The fraction of sp³-hybridized carbons (Fsp3) is 0. The second kappa shape index (κ2) is 7.10. The molecule has 0 aliphatic rings. The molecule has 10 aromatic rings. The number of hydrogen-bond donors (Lipinski definition) is 0. The van der Waals surface area contributed by atoms with Gasteiger partial charge in [0.05, 0.1) is 27.6 Å². The first kappa shape index (κ1) is 20.4. The first-order valence-electron chi connectivity index (χ1n) is 13.5. The van der Waals surface area contributed by atoms with Crippen molar-refractivity contribution in [2.75, 3.05) is 0 Å². The van der Waals surface area contributed by atoms with Crippen molar-refractivity contribution in [3.63, 3.8) is 0 Å². The third kappa shape index (κ3) is 2.41. The molecule has 5 nitrogen and oxygen atoms in total. The minimum atomic E-state index is 0.628. The largest absolute Gasteiger partial charge is 0.308 e. The zero-order chi connectivity index (χ0) is 25.9. The van der Waals surface area contributed by atoms with E-state index in [0.717, 1.165) is 16.4 Å². The first-order valence-corrected chi connectivity index (χ1v) is 13.5.